The Labute approximate surface area is 205 Å². The maximum Gasteiger partial charge on any atom is 0.223 e. The van der Waals surface area contributed by atoms with Crippen molar-refractivity contribution in [2.45, 2.75) is 84.1 Å². The van der Waals surface area contributed by atoms with E-state index in [-0.39, 0.29) is 23.2 Å². The van der Waals surface area contributed by atoms with Crippen molar-refractivity contribution in [1.29, 1.82) is 0 Å². The number of rotatable bonds is 7. The fourth-order valence-corrected chi connectivity index (χ4v) is 7.87. The summed E-state index contributed by atoms with van der Waals surface area (Å²) in [5.41, 5.74) is 2.52. The molecule has 1 aromatic carbocycles. The first kappa shape index (κ1) is 23.8. The number of likely N-dealkylation sites (tertiary alicyclic amines) is 1. The van der Waals surface area contributed by atoms with Crippen molar-refractivity contribution < 1.29 is 14.3 Å². The monoisotopic (exact) mass is 466 g/mol. The third-order valence-electron chi connectivity index (χ3n) is 9.66. The van der Waals surface area contributed by atoms with E-state index in [1.54, 1.807) is 0 Å². The molecule has 6 atom stereocenters. The van der Waals surface area contributed by atoms with Crippen molar-refractivity contribution in [1.82, 2.24) is 10.2 Å². The Bertz CT molecular complexity index is 930. The minimum Gasteiger partial charge on any atom is -0.494 e. The van der Waals surface area contributed by atoms with Crippen molar-refractivity contribution in [3.63, 3.8) is 0 Å². The number of Topliss-reactive ketones (excluding diaryl/α,β-unsaturated/α-hetero) is 1. The number of carbonyl (C=O) groups excluding carboxylic acids is 2. The van der Waals surface area contributed by atoms with Gasteiger partial charge in [0, 0.05) is 36.9 Å². The molecule has 4 aliphatic rings. The lowest BCUT2D eigenvalue weighted by molar-refractivity contribution is -0.130. The van der Waals surface area contributed by atoms with Gasteiger partial charge in [-0.15, -0.1) is 0 Å². The number of fused-ring (bicyclic) bond motifs is 5. The molecule has 0 bridgehead atoms. The molecule has 1 saturated heterocycles. The zero-order valence-corrected chi connectivity index (χ0v) is 21.3. The minimum atomic E-state index is -0.329. The van der Waals surface area contributed by atoms with Crippen LogP contribution in [-0.4, -0.2) is 48.9 Å². The number of amides is 1. The fraction of sp³-hybridized carbons (Fsp3) is 0.724. The summed E-state index contributed by atoms with van der Waals surface area (Å²) in [4.78, 5) is 28.5. The number of hydrogen-bond acceptors (Lipinski definition) is 4. The summed E-state index contributed by atoms with van der Waals surface area (Å²) in [5, 5.41) is 3.01. The van der Waals surface area contributed by atoms with Crippen LogP contribution in [0.15, 0.2) is 18.2 Å². The Kier molecular flexibility index (Phi) is 6.76. The van der Waals surface area contributed by atoms with Gasteiger partial charge in [0.15, 0.2) is 0 Å². The van der Waals surface area contributed by atoms with Gasteiger partial charge in [-0.1, -0.05) is 13.0 Å². The second-order valence-corrected chi connectivity index (χ2v) is 11.5. The van der Waals surface area contributed by atoms with Gasteiger partial charge in [-0.25, -0.2) is 0 Å². The minimum absolute atomic E-state index is 0.0862. The Hall–Kier alpha value is -1.88. The first-order chi connectivity index (χ1) is 16.4. The first-order valence-electron chi connectivity index (χ1n) is 13.7. The topological polar surface area (TPSA) is 58.6 Å². The van der Waals surface area contributed by atoms with Crippen LogP contribution >= 0.6 is 0 Å². The van der Waals surface area contributed by atoms with Gasteiger partial charge in [0.25, 0.3) is 0 Å². The van der Waals surface area contributed by atoms with E-state index in [1.165, 1.54) is 30.5 Å². The van der Waals surface area contributed by atoms with E-state index in [1.807, 2.05) is 6.92 Å². The maximum absolute atomic E-state index is 13.0. The van der Waals surface area contributed by atoms with Crippen LogP contribution in [0.2, 0.25) is 0 Å². The summed E-state index contributed by atoms with van der Waals surface area (Å²) in [7, 11) is 0. The Morgan fingerprint density at radius 3 is 2.88 bits per heavy atom. The van der Waals surface area contributed by atoms with Crippen molar-refractivity contribution in [2.24, 2.45) is 23.2 Å². The number of nitrogens with one attached hydrogen (secondary N) is 1. The molecule has 1 aromatic rings. The molecule has 5 nitrogen and oxygen atoms in total. The Morgan fingerprint density at radius 2 is 2.12 bits per heavy atom. The van der Waals surface area contributed by atoms with E-state index in [4.69, 9.17) is 4.74 Å². The average Bonchev–Trinajstić information content (AvgIpc) is 3.36. The summed E-state index contributed by atoms with van der Waals surface area (Å²) in [5.74, 6) is 2.27. The first-order valence-corrected chi connectivity index (χ1v) is 13.7. The Morgan fingerprint density at radius 1 is 1.26 bits per heavy atom. The molecular formula is C29H42N2O3. The molecule has 1 aliphatic heterocycles. The van der Waals surface area contributed by atoms with Gasteiger partial charge in [-0.3, -0.25) is 9.59 Å². The van der Waals surface area contributed by atoms with E-state index >= 15 is 0 Å². The number of nitrogens with zero attached hydrogens (tertiary/aromatic N) is 1. The highest BCUT2D eigenvalue weighted by molar-refractivity contribution is 5.94. The van der Waals surface area contributed by atoms with Crippen LogP contribution in [0.25, 0.3) is 0 Å². The van der Waals surface area contributed by atoms with Crippen molar-refractivity contribution in [2.75, 3.05) is 26.2 Å². The lowest BCUT2D eigenvalue weighted by Gasteiger charge is -2.49. The molecule has 5 rings (SSSR count). The number of ketones is 1. The lowest BCUT2D eigenvalue weighted by atomic mass is 9.54. The van der Waals surface area contributed by atoms with Crippen LogP contribution in [0.1, 0.15) is 82.8 Å². The molecule has 1 unspecified atom stereocenters. The highest BCUT2D eigenvalue weighted by atomic mass is 16.5. The quantitative estimate of drug-likeness (QED) is 0.591. The van der Waals surface area contributed by atoms with Crippen LogP contribution < -0.4 is 10.1 Å². The van der Waals surface area contributed by atoms with Crippen LogP contribution in [0, 0.1) is 23.2 Å². The van der Waals surface area contributed by atoms with Crippen molar-refractivity contribution in [3.8, 4) is 5.75 Å². The summed E-state index contributed by atoms with van der Waals surface area (Å²) in [6, 6.07) is 7.41. The predicted octanol–water partition coefficient (Wildman–Crippen LogP) is 4.73. The highest BCUT2D eigenvalue weighted by Crippen LogP contribution is 2.61. The molecule has 3 fully saturated rings. The largest absolute Gasteiger partial charge is 0.494 e. The molecule has 3 aliphatic carbocycles. The van der Waals surface area contributed by atoms with Crippen LogP contribution in [0.5, 0.6) is 5.75 Å². The van der Waals surface area contributed by atoms with Gasteiger partial charge < -0.3 is 15.0 Å². The molecule has 0 spiro atoms. The highest BCUT2D eigenvalue weighted by Gasteiger charge is 2.60. The zero-order chi connectivity index (χ0) is 23.9. The standard InChI is InChI=1S/C29H42N2O3/c1-4-30-28(33)25-18-26(32)29(3)13-12-23-22-11-9-21(17-20(22)8-10-24(23)27(25)29)34-16-6-15-31-14-5-7-19(31)2/h9,11,17,19,23-25,27H,4-8,10,12-16,18H2,1-3H3,(H,30,33)/t19-,23-,24-,25-,27?,29-/m1/s1. The van der Waals surface area contributed by atoms with Crippen LogP contribution in [-0.2, 0) is 16.0 Å². The summed E-state index contributed by atoms with van der Waals surface area (Å²) >= 11 is 0. The number of carbonyl (C=O) groups is 2. The third kappa shape index (κ3) is 4.19. The molecule has 1 N–H and O–H groups in total. The molecule has 1 heterocycles. The van der Waals surface area contributed by atoms with Crippen LogP contribution in [0.4, 0.5) is 0 Å². The van der Waals surface area contributed by atoms with E-state index < -0.39 is 0 Å². The average molecular weight is 467 g/mol. The van der Waals surface area contributed by atoms with E-state index in [0.29, 0.717) is 30.6 Å². The SMILES string of the molecule is CCNC(=O)[C@@H]1CC(=O)[C@@]2(C)CC[C@@H]3c4ccc(OCCCN5CCC[C@H]5C)cc4CC[C@H]3C12. The fourth-order valence-electron chi connectivity index (χ4n) is 7.87. The molecular weight excluding hydrogens is 424 g/mol. The second-order valence-electron chi connectivity index (χ2n) is 11.5. The summed E-state index contributed by atoms with van der Waals surface area (Å²) < 4.78 is 6.15. The van der Waals surface area contributed by atoms with Gasteiger partial charge >= 0.3 is 0 Å². The molecule has 1 amide bonds. The lowest BCUT2D eigenvalue weighted by Crippen LogP contribution is -2.46. The molecule has 186 valence electrons. The smallest absolute Gasteiger partial charge is 0.223 e. The summed E-state index contributed by atoms with van der Waals surface area (Å²) in [6.45, 7) is 10.2. The maximum atomic E-state index is 13.0. The van der Waals surface area contributed by atoms with Gasteiger partial charge in [0.1, 0.15) is 11.5 Å². The zero-order valence-electron chi connectivity index (χ0n) is 21.3. The van der Waals surface area contributed by atoms with Crippen LogP contribution in [0.3, 0.4) is 0 Å². The predicted molar refractivity (Wildman–Crippen MR) is 134 cm³/mol. The molecule has 5 heteroatoms. The van der Waals surface area contributed by atoms with Gasteiger partial charge in [-0.05, 0) is 106 Å². The molecule has 34 heavy (non-hydrogen) atoms. The Balaban J connectivity index is 1.26. The van der Waals surface area contributed by atoms with Crippen molar-refractivity contribution in [3.05, 3.63) is 29.3 Å². The van der Waals surface area contributed by atoms with Crippen molar-refractivity contribution >= 4 is 11.7 Å². The molecule has 0 radical (unpaired) electrons. The molecule has 0 aromatic heterocycles. The van der Waals surface area contributed by atoms with Gasteiger partial charge in [0.05, 0.1) is 6.61 Å². The number of ether oxygens (including phenoxy) is 1. The van der Waals surface area contributed by atoms with E-state index in [9.17, 15) is 9.59 Å². The number of hydrogen-bond donors (Lipinski definition) is 1. The normalized spacial score (nSPS) is 34.9. The number of benzene rings is 1. The van der Waals surface area contributed by atoms with E-state index in [2.05, 4.69) is 42.3 Å². The second kappa shape index (κ2) is 9.64. The van der Waals surface area contributed by atoms with Gasteiger partial charge in [-0.2, -0.15) is 0 Å². The summed E-state index contributed by atoms with van der Waals surface area (Å²) in [6.07, 6.45) is 8.18. The molecule has 2 saturated carbocycles. The van der Waals surface area contributed by atoms with Gasteiger partial charge in [0.2, 0.25) is 5.91 Å². The third-order valence-corrected chi connectivity index (χ3v) is 9.66. The van der Waals surface area contributed by atoms with E-state index in [0.717, 1.165) is 57.0 Å². The number of aryl methyl sites for hydroxylation is 1.